The largest absolute Gasteiger partial charge is 0.388 e. The molecule has 4 rings (SSSR count). The second-order valence-corrected chi connectivity index (χ2v) is 8.30. The summed E-state index contributed by atoms with van der Waals surface area (Å²) in [6.07, 6.45) is 4.12. The SMILES string of the molecule is OC1CC(N2CCC(c3ccccc3)CC2)Cc2c(I)cccc21. The number of piperidine rings is 1. The van der Waals surface area contributed by atoms with E-state index in [0.29, 0.717) is 12.0 Å². The quantitative estimate of drug-likeness (QED) is 0.705. The second kappa shape index (κ2) is 7.14. The van der Waals surface area contributed by atoms with Crippen LogP contribution in [0, 0.1) is 3.57 Å². The lowest BCUT2D eigenvalue weighted by Gasteiger charge is -2.41. The van der Waals surface area contributed by atoms with Gasteiger partial charge in [-0.15, -0.1) is 0 Å². The molecule has 1 aliphatic heterocycles. The Kier molecular flexibility index (Phi) is 4.93. The highest BCUT2D eigenvalue weighted by Crippen LogP contribution is 2.37. The molecule has 2 unspecified atom stereocenters. The molecule has 0 radical (unpaired) electrons. The molecule has 0 bridgehead atoms. The van der Waals surface area contributed by atoms with E-state index in [0.717, 1.165) is 31.5 Å². The summed E-state index contributed by atoms with van der Waals surface area (Å²) in [5.74, 6) is 0.698. The number of hydrogen-bond acceptors (Lipinski definition) is 2. The van der Waals surface area contributed by atoms with Crippen LogP contribution in [-0.4, -0.2) is 29.1 Å². The summed E-state index contributed by atoms with van der Waals surface area (Å²) >= 11 is 2.42. The van der Waals surface area contributed by atoms with Crippen LogP contribution >= 0.6 is 22.6 Å². The van der Waals surface area contributed by atoms with Crippen LogP contribution in [0.25, 0.3) is 0 Å². The van der Waals surface area contributed by atoms with Gasteiger partial charge in [-0.25, -0.2) is 0 Å². The second-order valence-electron chi connectivity index (χ2n) is 7.14. The Bertz CT molecular complexity index is 694. The van der Waals surface area contributed by atoms with E-state index < -0.39 is 0 Å². The van der Waals surface area contributed by atoms with E-state index in [4.69, 9.17) is 0 Å². The highest BCUT2D eigenvalue weighted by atomic mass is 127. The lowest BCUT2D eigenvalue weighted by molar-refractivity contribution is 0.0740. The van der Waals surface area contributed by atoms with Crippen molar-refractivity contribution in [2.45, 2.75) is 43.7 Å². The van der Waals surface area contributed by atoms with Crippen molar-refractivity contribution >= 4 is 22.6 Å². The standard InChI is InChI=1S/C21H24INO/c22-20-8-4-7-18-19(20)13-17(14-21(18)24)23-11-9-16(10-12-23)15-5-2-1-3-6-15/h1-8,16-17,21,24H,9-14H2. The minimum atomic E-state index is -0.305. The van der Waals surface area contributed by atoms with Crippen molar-refractivity contribution in [3.63, 3.8) is 0 Å². The summed E-state index contributed by atoms with van der Waals surface area (Å²) in [4.78, 5) is 2.62. The van der Waals surface area contributed by atoms with Crippen molar-refractivity contribution in [1.82, 2.24) is 4.90 Å². The Balaban J connectivity index is 1.44. The maximum absolute atomic E-state index is 10.6. The van der Waals surface area contributed by atoms with E-state index in [1.165, 1.54) is 27.5 Å². The van der Waals surface area contributed by atoms with Gasteiger partial charge < -0.3 is 5.11 Å². The molecule has 126 valence electrons. The molecule has 2 atom stereocenters. The molecule has 1 heterocycles. The van der Waals surface area contributed by atoms with Gasteiger partial charge in [-0.3, -0.25) is 4.90 Å². The van der Waals surface area contributed by atoms with Gasteiger partial charge in [0.15, 0.2) is 0 Å². The van der Waals surface area contributed by atoms with Gasteiger partial charge in [0.2, 0.25) is 0 Å². The number of aliphatic hydroxyl groups is 1. The summed E-state index contributed by atoms with van der Waals surface area (Å²) in [5, 5.41) is 10.6. The molecular weight excluding hydrogens is 409 g/mol. The van der Waals surface area contributed by atoms with Crippen LogP contribution in [0.3, 0.4) is 0 Å². The number of hydrogen-bond donors (Lipinski definition) is 1. The van der Waals surface area contributed by atoms with Gasteiger partial charge in [0, 0.05) is 9.61 Å². The van der Waals surface area contributed by atoms with Gasteiger partial charge >= 0.3 is 0 Å². The molecule has 0 aromatic heterocycles. The average molecular weight is 433 g/mol. The van der Waals surface area contributed by atoms with Gasteiger partial charge in [0.1, 0.15) is 0 Å². The fourth-order valence-electron chi connectivity index (χ4n) is 4.41. The van der Waals surface area contributed by atoms with Crippen LogP contribution in [0.2, 0.25) is 0 Å². The van der Waals surface area contributed by atoms with Gasteiger partial charge in [0.25, 0.3) is 0 Å². The van der Waals surface area contributed by atoms with Crippen LogP contribution < -0.4 is 0 Å². The zero-order valence-electron chi connectivity index (χ0n) is 13.9. The first-order chi connectivity index (χ1) is 11.7. The molecule has 0 amide bonds. The molecule has 1 N–H and O–H groups in total. The van der Waals surface area contributed by atoms with E-state index in [1.54, 1.807) is 0 Å². The molecule has 1 saturated heterocycles. The van der Waals surface area contributed by atoms with Crippen LogP contribution in [0.1, 0.15) is 48.0 Å². The summed E-state index contributed by atoms with van der Waals surface area (Å²) in [6, 6.07) is 17.7. The summed E-state index contributed by atoms with van der Waals surface area (Å²) in [5.41, 5.74) is 4.00. The lowest BCUT2D eigenvalue weighted by Crippen LogP contribution is -2.44. The zero-order valence-corrected chi connectivity index (χ0v) is 16.0. The van der Waals surface area contributed by atoms with E-state index >= 15 is 0 Å². The minimum Gasteiger partial charge on any atom is -0.388 e. The van der Waals surface area contributed by atoms with Gasteiger partial charge in [-0.1, -0.05) is 42.5 Å². The molecule has 0 spiro atoms. The predicted molar refractivity (Wildman–Crippen MR) is 106 cm³/mol. The third-order valence-corrected chi connectivity index (χ3v) is 6.78. The number of likely N-dealkylation sites (tertiary alicyclic amines) is 1. The number of halogens is 1. The third kappa shape index (κ3) is 3.26. The zero-order chi connectivity index (χ0) is 16.5. The molecule has 2 aliphatic rings. The number of nitrogens with zero attached hydrogens (tertiary/aromatic N) is 1. The van der Waals surface area contributed by atoms with Crippen molar-refractivity contribution < 1.29 is 5.11 Å². The smallest absolute Gasteiger partial charge is 0.0808 e. The Labute approximate surface area is 158 Å². The normalized spacial score (nSPS) is 25.4. The molecule has 2 nitrogen and oxygen atoms in total. The monoisotopic (exact) mass is 433 g/mol. The Hall–Kier alpha value is -0.910. The first-order valence-electron chi connectivity index (χ1n) is 8.96. The molecule has 1 aliphatic carbocycles. The number of fused-ring (bicyclic) bond motifs is 1. The van der Waals surface area contributed by atoms with Crippen LogP contribution in [0.15, 0.2) is 48.5 Å². The highest BCUT2D eigenvalue weighted by molar-refractivity contribution is 14.1. The maximum atomic E-state index is 10.6. The van der Waals surface area contributed by atoms with E-state index in [9.17, 15) is 5.11 Å². The van der Waals surface area contributed by atoms with Crippen molar-refractivity contribution in [3.8, 4) is 0 Å². The van der Waals surface area contributed by atoms with E-state index in [1.807, 2.05) is 0 Å². The molecule has 2 aromatic carbocycles. The first kappa shape index (κ1) is 16.6. The minimum absolute atomic E-state index is 0.305. The van der Waals surface area contributed by atoms with E-state index in [2.05, 4.69) is 76.0 Å². The first-order valence-corrected chi connectivity index (χ1v) is 10.0. The van der Waals surface area contributed by atoms with Crippen molar-refractivity contribution in [3.05, 3.63) is 68.8 Å². The van der Waals surface area contributed by atoms with Gasteiger partial charge in [0.05, 0.1) is 6.10 Å². The molecule has 0 saturated carbocycles. The summed E-state index contributed by atoms with van der Waals surface area (Å²) in [7, 11) is 0. The lowest BCUT2D eigenvalue weighted by atomic mass is 9.83. The summed E-state index contributed by atoms with van der Waals surface area (Å²) < 4.78 is 1.30. The number of aliphatic hydroxyl groups excluding tert-OH is 1. The summed E-state index contributed by atoms with van der Waals surface area (Å²) in [6.45, 7) is 2.30. The van der Waals surface area contributed by atoms with Crippen molar-refractivity contribution in [1.29, 1.82) is 0 Å². The average Bonchev–Trinajstić information content (AvgIpc) is 2.63. The van der Waals surface area contributed by atoms with E-state index in [-0.39, 0.29) is 6.10 Å². The Morgan fingerprint density at radius 1 is 0.958 bits per heavy atom. The predicted octanol–water partition coefficient (Wildman–Crippen LogP) is 4.52. The highest BCUT2D eigenvalue weighted by Gasteiger charge is 2.32. The Morgan fingerprint density at radius 3 is 2.46 bits per heavy atom. The Morgan fingerprint density at radius 2 is 1.71 bits per heavy atom. The molecule has 3 heteroatoms. The van der Waals surface area contributed by atoms with Crippen molar-refractivity contribution in [2.75, 3.05) is 13.1 Å². The molecular formula is C21H24INO. The van der Waals surface area contributed by atoms with Crippen molar-refractivity contribution in [2.24, 2.45) is 0 Å². The van der Waals surface area contributed by atoms with Crippen LogP contribution in [0.5, 0.6) is 0 Å². The van der Waals surface area contributed by atoms with Gasteiger partial charge in [-0.2, -0.15) is 0 Å². The topological polar surface area (TPSA) is 23.5 Å². The molecule has 1 fully saturated rings. The fourth-order valence-corrected chi connectivity index (χ4v) is 5.15. The fraction of sp³-hybridized carbons (Fsp3) is 0.429. The third-order valence-electron chi connectivity index (χ3n) is 5.77. The molecule has 2 aromatic rings. The van der Waals surface area contributed by atoms with Gasteiger partial charge in [-0.05, 0) is 90.0 Å². The van der Waals surface area contributed by atoms with Crippen LogP contribution in [0.4, 0.5) is 0 Å². The number of rotatable bonds is 2. The maximum Gasteiger partial charge on any atom is 0.0808 e. The molecule has 24 heavy (non-hydrogen) atoms. The number of benzene rings is 2. The van der Waals surface area contributed by atoms with Crippen LogP contribution in [-0.2, 0) is 6.42 Å².